The van der Waals surface area contributed by atoms with Crippen LogP contribution in [0, 0.1) is 11.3 Å². The summed E-state index contributed by atoms with van der Waals surface area (Å²) in [4.78, 5) is 49.2. The molecule has 36 heavy (non-hydrogen) atoms. The standard InChI is InChI=1S/C30H27N3O3/c1-29(2,3)27(35)25-24(26(34)21-13-8-9-17-31-21)30(19-11-5-6-12-20(19)32-28(30)36)23-16-15-18-10-4-7-14-22(18)33(23)25/h4-17,23-25H,1-3H3,(H,32,36). The summed E-state index contributed by atoms with van der Waals surface area (Å²) in [5.41, 5.74) is 1.44. The van der Waals surface area contributed by atoms with Gasteiger partial charge in [0.25, 0.3) is 0 Å². The van der Waals surface area contributed by atoms with Gasteiger partial charge in [0, 0.05) is 23.0 Å². The second-order valence-electron chi connectivity index (χ2n) is 10.8. The summed E-state index contributed by atoms with van der Waals surface area (Å²) in [6.45, 7) is 5.60. The molecule has 180 valence electrons. The van der Waals surface area contributed by atoms with Crippen LogP contribution in [0.15, 0.2) is 79.0 Å². The van der Waals surface area contributed by atoms with E-state index in [0.717, 1.165) is 16.8 Å². The maximum Gasteiger partial charge on any atom is 0.238 e. The van der Waals surface area contributed by atoms with Crippen molar-refractivity contribution in [1.29, 1.82) is 0 Å². The molecular weight excluding hydrogens is 450 g/mol. The zero-order valence-corrected chi connectivity index (χ0v) is 20.4. The molecule has 3 aromatic rings. The minimum absolute atomic E-state index is 0.0825. The van der Waals surface area contributed by atoms with Crippen LogP contribution in [0.2, 0.25) is 0 Å². The Labute approximate surface area is 210 Å². The van der Waals surface area contributed by atoms with Gasteiger partial charge in [-0.1, -0.05) is 75.4 Å². The second kappa shape index (κ2) is 7.72. The summed E-state index contributed by atoms with van der Waals surface area (Å²) in [6.07, 6.45) is 5.55. The van der Waals surface area contributed by atoms with E-state index in [1.165, 1.54) is 0 Å². The lowest BCUT2D eigenvalue weighted by Gasteiger charge is -2.38. The Morgan fingerprint density at radius 2 is 1.69 bits per heavy atom. The van der Waals surface area contributed by atoms with E-state index in [2.05, 4.69) is 10.3 Å². The first-order valence-electron chi connectivity index (χ1n) is 12.2. The van der Waals surface area contributed by atoms with Gasteiger partial charge in [0.2, 0.25) is 5.91 Å². The van der Waals surface area contributed by atoms with Crippen LogP contribution in [-0.4, -0.2) is 34.5 Å². The number of amides is 1. The molecule has 1 saturated heterocycles. The minimum Gasteiger partial charge on any atom is -0.352 e. The molecule has 0 bridgehead atoms. The summed E-state index contributed by atoms with van der Waals surface area (Å²) in [6, 6.07) is 19.1. The summed E-state index contributed by atoms with van der Waals surface area (Å²) < 4.78 is 0. The number of hydrogen-bond donors (Lipinski definition) is 1. The number of aromatic nitrogens is 1. The Kier molecular flexibility index (Phi) is 4.80. The molecule has 6 heteroatoms. The van der Waals surface area contributed by atoms with Crippen molar-refractivity contribution >= 4 is 34.9 Å². The predicted octanol–water partition coefficient (Wildman–Crippen LogP) is 4.67. The monoisotopic (exact) mass is 477 g/mol. The number of rotatable bonds is 3. The predicted molar refractivity (Wildman–Crippen MR) is 139 cm³/mol. The quantitative estimate of drug-likeness (QED) is 0.555. The van der Waals surface area contributed by atoms with Gasteiger partial charge in [-0.2, -0.15) is 0 Å². The van der Waals surface area contributed by atoms with Crippen molar-refractivity contribution in [3.05, 3.63) is 95.8 Å². The fourth-order valence-electron chi connectivity index (χ4n) is 6.23. The SMILES string of the molecule is CC(C)(C)C(=O)C1C(C(=O)c2ccccn2)C2(C(=O)Nc3ccccc32)C2C=Cc3ccccc3N12. The first-order chi connectivity index (χ1) is 17.3. The molecule has 1 N–H and O–H groups in total. The summed E-state index contributed by atoms with van der Waals surface area (Å²) >= 11 is 0. The number of pyridine rings is 1. The first-order valence-corrected chi connectivity index (χ1v) is 12.2. The number of fused-ring (bicyclic) bond motifs is 6. The topological polar surface area (TPSA) is 79.4 Å². The van der Waals surface area contributed by atoms with Gasteiger partial charge in [-0.15, -0.1) is 0 Å². The number of ketones is 2. The van der Waals surface area contributed by atoms with E-state index in [9.17, 15) is 14.4 Å². The molecule has 1 aromatic heterocycles. The fraction of sp³-hybridized carbons (Fsp3) is 0.267. The Hall–Kier alpha value is -4.06. The summed E-state index contributed by atoms with van der Waals surface area (Å²) in [5, 5.41) is 3.04. The van der Waals surface area contributed by atoms with Crippen LogP contribution in [0.4, 0.5) is 11.4 Å². The molecular formula is C30H27N3O3. The largest absolute Gasteiger partial charge is 0.352 e. The number of nitrogens with zero attached hydrogens (tertiary/aromatic N) is 2. The molecule has 2 aromatic carbocycles. The smallest absolute Gasteiger partial charge is 0.238 e. The van der Waals surface area contributed by atoms with Gasteiger partial charge in [-0.25, -0.2) is 0 Å². The van der Waals surface area contributed by atoms with Gasteiger partial charge in [-0.05, 0) is 35.4 Å². The number of benzene rings is 2. The molecule has 4 heterocycles. The van der Waals surface area contributed by atoms with Crippen LogP contribution < -0.4 is 10.2 Å². The zero-order valence-electron chi connectivity index (χ0n) is 20.4. The average molecular weight is 478 g/mol. The van der Waals surface area contributed by atoms with Gasteiger partial charge in [0.05, 0.1) is 12.0 Å². The molecule has 1 amide bonds. The van der Waals surface area contributed by atoms with Crippen LogP contribution in [0.3, 0.4) is 0 Å². The van der Waals surface area contributed by atoms with E-state index in [0.29, 0.717) is 5.69 Å². The van der Waals surface area contributed by atoms with Crippen molar-refractivity contribution in [2.75, 3.05) is 10.2 Å². The van der Waals surface area contributed by atoms with Crippen LogP contribution in [-0.2, 0) is 15.0 Å². The summed E-state index contributed by atoms with van der Waals surface area (Å²) in [5.74, 6) is -1.61. The maximum atomic E-state index is 14.4. The van der Waals surface area contributed by atoms with E-state index < -0.39 is 28.8 Å². The van der Waals surface area contributed by atoms with Gasteiger partial charge < -0.3 is 10.2 Å². The lowest BCUT2D eigenvalue weighted by molar-refractivity contribution is -0.128. The lowest BCUT2D eigenvalue weighted by atomic mass is 9.63. The third-order valence-corrected chi connectivity index (χ3v) is 7.75. The van der Waals surface area contributed by atoms with Gasteiger partial charge in [0.15, 0.2) is 11.6 Å². The highest BCUT2D eigenvalue weighted by molar-refractivity contribution is 6.16. The minimum atomic E-state index is -1.29. The van der Waals surface area contributed by atoms with E-state index in [4.69, 9.17) is 0 Å². The number of hydrogen-bond acceptors (Lipinski definition) is 5. The Morgan fingerprint density at radius 1 is 0.972 bits per heavy atom. The Morgan fingerprint density at radius 3 is 2.44 bits per heavy atom. The fourth-order valence-corrected chi connectivity index (χ4v) is 6.23. The Balaban J connectivity index is 1.69. The molecule has 6 nitrogen and oxygen atoms in total. The van der Waals surface area contributed by atoms with Crippen molar-refractivity contribution < 1.29 is 14.4 Å². The van der Waals surface area contributed by atoms with Crippen molar-refractivity contribution in [2.24, 2.45) is 11.3 Å². The number of carbonyl (C=O) groups is 3. The third kappa shape index (κ3) is 2.90. The molecule has 1 spiro atoms. The average Bonchev–Trinajstić information content (AvgIpc) is 3.36. The Bertz CT molecular complexity index is 1440. The van der Waals surface area contributed by atoms with Crippen molar-refractivity contribution in [3.8, 4) is 0 Å². The van der Waals surface area contributed by atoms with E-state index >= 15 is 0 Å². The van der Waals surface area contributed by atoms with Gasteiger partial charge >= 0.3 is 0 Å². The summed E-state index contributed by atoms with van der Waals surface area (Å²) in [7, 11) is 0. The molecule has 0 saturated carbocycles. The zero-order chi connectivity index (χ0) is 25.2. The molecule has 0 radical (unpaired) electrons. The molecule has 6 rings (SSSR count). The molecule has 0 aliphatic carbocycles. The highest BCUT2D eigenvalue weighted by Gasteiger charge is 2.70. The van der Waals surface area contributed by atoms with E-state index in [-0.39, 0.29) is 23.2 Å². The highest BCUT2D eigenvalue weighted by atomic mass is 16.2. The third-order valence-electron chi connectivity index (χ3n) is 7.75. The van der Waals surface area contributed by atoms with Crippen LogP contribution in [0.25, 0.3) is 6.08 Å². The maximum absolute atomic E-state index is 14.4. The number of carbonyl (C=O) groups excluding carboxylic acids is 3. The van der Waals surface area contributed by atoms with Crippen LogP contribution >= 0.6 is 0 Å². The lowest BCUT2D eigenvalue weighted by Crippen LogP contribution is -2.51. The number of nitrogens with one attached hydrogen (secondary N) is 1. The van der Waals surface area contributed by atoms with Crippen molar-refractivity contribution in [3.63, 3.8) is 0 Å². The van der Waals surface area contributed by atoms with Gasteiger partial charge in [0.1, 0.15) is 17.2 Å². The highest BCUT2D eigenvalue weighted by Crippen LogP contribution is 2.58. The molecule has 3 aliphatic heterocycles. The van der Waals surface area contributed by atoms with E-state index in [1.807, 2.05) is 86.4 Å². The number of para-hydroxylation sites is 2. The number of anilines is 2. The van der Waals surface area contributed by atoms with Gasteiger partial charge in [-0.3, -0.25) is 19.4 Å². The normalized spacial score (nSPS) is 25.8. The van der Waals surface area contributed by atoms with Crippen LogP contribution in [0.1, 0.15) is 42.4 Å². The molecule has 4 atom stereocenters. The number of Topliss-reactive ketones (excluding diaryl/α,β-unsaturated/α-hetero) is 2. The molecule has 4 unspecified atom stereocenters. The molecule has 3 aliphatic rings. The van der Waals surface area contributed by atoms with Crippen molar-refractivity contribution in [1.82, 2.24) is 4.98 Å². The van der Waals surface area contributed by atoms with E-state index in [1.54, 1.807) is 24.4 Å². The second-order valence-corrected chi connectivity index (χ2v) is 10.8. The van der Waals surface area contributed by atoms with Crippen molar-refractivity contribution in [2.45, 2.75) is 38.3 Å². The first kappa shape index (κ1) is 22.4. The molecule has 1 fully saturated rings. The van der Waals surface area contributed by atoms with Crippen LogP contribution in [0.5, 0.6) is 0 Å².